The van der Waals surface area contributed by atoms with E-state index in [0.29, 0.717) is 12.4 Å². The summed E-state index contributed by atoms with van der Waals surface area (Å²) in [5, 5.41) is 12.4. The Bertz CT molecular complexity index is 285. The van der Waals surface area contributed by atoms with Crippen LogP contribution in [-0.2, 0) is 0 Å². The number of aromatic nitrogens is 2. The zero-order chi connectivity index (χ0) is 9.90. The smallest absolute Gasteiger partial charge is 0.130 e. The summed E-state index contributed by atoms with van der Waals surface area (Å²) in [5.74, 6) is 0.698. The van der Waals surface area contributed by atoms with Crippen LogP contribution >= 0.6 is 15.9 Å². The van der Waals surface area contributed by atoms with E-state index in [1.807, 2.05) is 0 Å². The zero-order valence-corrected chi connectivity index (χ0v) is 9.17. The molecule has 0 unspecified atom stereocenters. The average molecular weight is 246 g/mol. The van der Waals surface area contributed by atoms with Crippen LogP contribution in [0.15, 0.2) is 17.0 Å². The normalized spacial score (nSPS) is 11.4. The van der Waals surface area contributed by atoms with Crippen molar-refractivity contribution in [2.45, 2.75) is 19.4 Å². The molecule has 13 heavy (non-hydrogen) atoms. The van der Waals surface area contributed by atoms with E-state index in [0.717, 1.165) is 4.60 Å². The fourth-order valence-electron chi connectivity index (χ4n) is 0.737. The van der Waals surface area contributed by atoms with Crippen molar-refractivity contribution in [3.8, 4) is 0 Å². The molecule has 0 radical (unpaired) electrons. The molecule has 0 saturated carbocycles. The van der Waals surface area contributed by atoms with Crippen LogP contribution in [0.3, 0.4) is 0 Å². The number of nitrogens with zero attached hydrogens (tertiary/aromatic N) is 2. The van der Waals surface area contributed by atoms with E-state index in [9.17, 15) is 5.11 Å². The Morgan fingerprint density at radius 3 is 2.77 bits per heavy atom. The second-order valence-electron chi connectivity index (χ2n) is 3.39. The summed E-state index contributed by atoms with van der Waals surface area (Å²) in [6, 6.07) is 1.76. The van der Waals surface area contributed by atoms with Gasteiger partial charge in [-0.2, -0.15) is 0 Å². The highest BCUT2D eigenvalue weighted by Crippen LogP contribution is 2.10. The fourth-order valence-corrected chi connectivity index (χ4v) is 1.05. The summed E-state index contributed by atoms with van der Waals surface area (Å²) in [5.41, 5.74) is -0.739. The Kier molecular flexibility index (Phi) is 3.22. The number of halogens is 1. The largest absolute Gasteiger partial charge is 0.389 e. The van der Waals surface area contributed by atoms with Crippen LogP contribution in [0, 0.1) is 0 Å². The fraction of sp³-hybridized carbons (Fsp3) is 0.500. The molecule has 1 heterocycles. The third-order valence-electron chi connectivity index (χ3n) is 1.34. The molecule has 0 bridgehead atoms. The summed E-state index contributed by atoms with van der Waals surface area (Å²) in [6.45, 7) is 3.92. The molecule has 4 nitrogen and oxygen atoms in total. The Balaban J connectivity index is 2.55. The van der Waals surface area contributed by atoms with E-state index in [4.69, 9.17) is 0 Å². The number of hydrogen-bond donors (Lipinski definition) is 2. The lowest BCUT2D eigenvalue weighted by atomic mass is 10.1. The van der Waals surface area contributed by atoms with E-state index in [-0.39, 0.29) is 0 Å². The predicted octanol–water partition coefficient (Wildman–Crippen LogP) is 1.42. The van der Waals surface area contributed by atoms with Gasteiger partial charge in [-0.1, -0.05) is 0 Å². The van der Waals surface area contributed by atoms with Crippen molar-refractivity contribution in [3.05, 3.63) is 17.0 Å². The average Bonchev–Trinajstić information content (AvgIpc) is 2.00. The van der Waals surface area contributed by atoms with Crippen molar-refractivity contribution in [1.29, 1.82) is 0 Å². The molecule has 0 atom stereocenters. The van der Waals surface area contributed by atoms with Crippen LogP contribution < -0.4 is 5.32 Å². The van der Waals surface area contributed by atoms with Gasteiger partial charge in [0.25, 0.3) is 0 Å². The first-order valence-corrected chi connectivity index (χ1v) is 4.70. The van der Waals surface area contributed by atoms with Crippen molar-refractivity contribution < 1.29 is 5.11 Å². The molecule has 0 aliphatic rings. The number of anilines is 1. The van der Waals surface area contributed by atoms with Gasteiger partial charge in [-0.05, 0) is 29.8 Å². The van der Waals surface area contributed by atoms with Crippen molar-refractivity contribution in [2.24, 2.45) is 0 Å². The molecule has 0 spiro atoms. The highest BCUT2D eigenvalue weighted by molar-refractivity contribution is 9.10. The molecule has 1 aromatic rings. The minimum atomic E-state index is -0.739. The topological polar surface area (TPSA) is 58.0 Å². The Morgan fingerprint density at radius 1 is 1.54 bits per heavy atom. The maximum atomic E-state index is 9.43. The Labute approximate surface area is 85.5 Å². The maximum Gasteiger partial charge on any atom is 0.130 e. The lowest BCUT2D eigenvalue weighted by Gasteiger charge is -2.17. The van der Waals surface area contributed by atoms with Gasteiger partial charge >= 0.3 is 0 Å². The first-order chi connectivity index (χ1) is 5.97. The second-order valence-corrected chi connectivity index (χ2v) is 4.20. The SMILES string of the molecule is CC(C)(O)CNc1cc(Br)ncn1. The lowest BCUT2D eigenvalue weighted by molar-refractivity contribution is 0.0944. The van der Waals surface area contributed by atoms with E-state index in [1.165, 1.54) is 6.33 Å². The predicted molar refractivity (Wildman–Crippen MR) is 54.5 cm³/mol. The van der Waals surface area contributed by atoms with Crippen molar-refractivity contribution in [3.63, 3.8) is 0 Å². The van der Waals surface area contributed by atoms with Gasteiger partial charge in [-0.15, -0.1) is 0 Å². The van der Waals surface area contributed by atoms with Gasteiger partial charge in [0.2, 0.25) is 0 Å². The quantitative estimate of drug-likeness (QED) is 0.792. The summed E-state index contributed by atoms with van der Waals surface area (Å²) in [6.07, 6.45) is 1.46. The first-order valence-electron chi connectivity index (χ1n) is 3.91. The highest BCUT2D eigenvalue weighted by atomic mass is 79.9. The van der Waals surface area contributed by atoms with Gasteiger partial charge in [0, 0.05) is 12.6 Å². The molecule has 72 valence electrons. The number of rotatable bonds is 3. The molecule has 2 N–H and O–H groups in total. The van der Waals surface area contributed by atoms with Gasteiger partial charge < -0.3 is 10.4 Å². The summed E-state index contributed by atoms with van der Waals surface area (Å²) >= 11 is 3.23. The lowest BCUT2D eigenvalue weighted by Crippen LogP contribution is -2.29. The number of aliphatic hydroxyl groups is 1. The van der Waals surface area contributed by atoms with Crippen molar-refractivity contribution >= 4 is 21.7 Å². The van der Waals surface area contributed by atoms with Crippen LogP contribution in [0.4, 0.5) is 5.82 Å². The molecule has 0 saturated heterocycles. The molecule has 0 fully saturated rings. The van der Waals surface area contributed by atoms with Crippen LogP contribution in [0.5, 0.6) is 0 Å². The molecule has 0 aliphatic carbocycles. The standard InChI is InChI=1S/C8H12BrN3O/c1-8(2,13)4-10-7-3-6(9)11-5-12-7/h3,5,13H,4H2,1-2H3,(H,10,11,12). The molecule has 0 aromatic carbocycles. The third kappa shape index (κ3) is 4.19. The van der Waals surface area contributed by atoms with Crippen LogP contribution in [-0.4, -0.2) is 27.2 Å². The maximum absolute atomic E-state index is 9.43. The summed E-state index contributed by atoms with van der Waals surface area (Å²) < 4.78 is 0.723. The molecular formula is C8H12BrN3O. The molecule has 0 aliphatic heterocycles. The summed E-state index contributed by atoms with van der Waals surface area (Å²) in [4.78, 5) is 7.87. The van der Waals surface area contributed by atoms with E-state index >= 15 is 0 Å². The van der Waals surface area contributed by atoms with Crippen LogP contribution in [0.1, 0.15) is 13.8 Å². The Morgan fingerprint density at radius 2 is 2.23 bits per heavy atom. The van der Waals surface area contributed by atoms with E-state index in [2.05, 4.69) is 31.2 Å². The molecule has 5 heteroatoms. The van der Waals surface area contributed by atoms with Crippen molar-refractivity contribution in [2.75, 3.05) is 11.9 Å². The van der Waals surface area contributed by atoms with Gasteiger partial charge in [-0.3, -0.25) is 0 Å². The van der Waals surface area contributed by atoms with Crippen LogP contribution in [0.25, 0.3) is 0 Å². The zero-order valence-electron chi connectivity index (χ0n) is 7.58. The first kappa shape index (κ1) is 10.4. The molecular weight excluding hydrogens is 234 g/mol. The van der Waals surface area contributed by atoms with Crippen molar-refractivity contribution in [1.82, 2.24) is 9.97 Å². The third-order valence-corrected chi connectivity index (χ3v) is 1.77. The summed E-state index contributed by atoms with van der Waals surface area (Å²) in [7, 11) is 0. The Hall–Kier alpha value is -0.680. The van der Waals surface area contributed by atoms with E-state index < -0.39 is 5.60 Å². The number of hydrogen-bond acceptors (Lipinski definition) is 4. The van der Waals surface area contributed by atoms with Gasteiger partial charge in [0.1, 0.15) is 16.7 Å². The van der Waals surface area contributed by atoms with Crippen LogP contribution in [0.2, 0.25) is 0 Å². The van der Waals surface area contributed by atoms with Gasteiger partial charge in [-0.25, -0.2) is 9.97 Å². The molecule has 0 amide bonds. The van der Waals surface area contributed by atoms with E-state index in [1.54, 1.807) is 19.9 Å². The monoisotopic (exact) mass is 245 g/mol. The molecule has 1 aromatic heterocycles. The minimum Gasteiger partial charge on any atom is -0.389 e. The highest BCUT2D eigenvalue weighted by Gasteiger charge is 2.11. The second kappa shape index (κ2) is 4.02. The number of nitrogens with one attached hydrogen (secondary N) is 1. The minimum absolute atomic E-state index is 0.455. The van der Waals surface area contributed by atoms with Gasteiger partial charge in [0.15, 0.2) is 0 Å². The van der Waals surface area contributed by atoms with Gasteiger partial charge in [0.05, 0.1) is 5.60 Å². The molecule has 1 rings (SSSR count).